The number of ether oxygens (including phenoxy) is 2. The number of aromatic nitrogens is 1. The zero-order chi connectivity index (χ0) is 15.3. The first-order chi connectivity index (χ1) is 9.23. The minimum atomic E-state index is -0.967. The zero-order valence-corrected chi connectivity index (χ0v) is 12.5. The summed E-state index contributed by atoms with van der Waals surface area (Å²) in [6.45, 7) is 6.89. The average molecular weight is 300 g/mol. The lowest BCUT2D eigenvalue weighted by atomic mass is 10.2. The average Bonchev–Trinajstić information content (AvgIpc) is 2.74. The number of hydrogen-bond donors (Lipinski definition) is 1. The molecule has 1 aromatic heterocycles. The number of carbonyl (C=O) groups is 3. The van der Waals surface area contributed by atoms with Gasteiger partial charge in [-0.2, -0.15) is 0 Å². The van der Waals surface area contributed by atoms with E-state index in [2.05, 4.69) is 15.0 Å². The zero-order valence-electron chi connectivity index (χ0n) is 11.7. The van der Waals surface area contributed by atoms with E-state index in [1.54, 1.807) is 27.7 Å². The Bertz CT molecular complexity index is 518. The first-order valence-electron chi connectivity index (χ1n) is 5.90. The highest BCUT2D eigenvalue weighted by molar-refractivity contribution is 7.12. The Morgan fingerprint density at radius 1 is 1.35 bits per heavy atom. The molecule has 0 bridgehead atoms. The van der Waals surface area contributed by atoms with Crippen LogP contribution < -0.4 is 5.32 Å². The molecule has 1 N–H and O–H groups in total. The summed E-state index contributed by atoms with van der Waals surface area (Å²) in [6.07, 6.45) is -0.682. The summed E-state index contributed by atoms with van der Waals surface area (Å²) >= 11 is 0.940. The third-order valence-electron chi connectivity index (χ3n) is 1.79. The van der Waals surface area contributed by atoms with Crippen molar-refractivity contribution in [3.8, 4) is 0 Å². The molecule has 1 amide bonds. The molecule has 8 heteroatoms. The van der Waals surface area contributed by atoms with Crippen LogP contribution in [0.5, 0.6) is 0 Å². The fourth-order valence-corrected chi connectivity index (χ4v) is 1.80. The minimum Gasteiger partial charge on any atom is -0.460 e. The van der Waals surface area contributed by atoms with Gasteiger partial charge >= 0.3 is 12.1 Å². The predicted octanol–water partition coefficient (Wildman–Crippen LogP) is 2.24. The highest BCUT2D eigenvalue weighted by atomic mass is 32.1. The summed E-state index contributed by atoms with van der Waals surface area (Å²) in [5.74, 6) is -1.66. The van der Waals surface area contributed by atoms with Crippen LogP contribution in [-0.2, 0) is 14.3 Å². The molecule has 0 aromatic carbocycles. The molecule has 0 aliphatic rings. The van der Waals surface area contributed by atoms with Crippen molar-refractivity contribution in [1.82, 2.24) is 4.98 Å². The van der Waals surface area contributed by atoms with Crippen molar-refractivity contribution < 1.29 is 23.9 Å². The van der Waals surface area contributed by atoms with Crippen LogP contribution in [0.15, 0.2) is 5.38 Å². The maximum atomic E-state index is 11.6. The molecule has 0 saturated carbocycles. The first-order valence-corrected chi connectivity index (χ1v) is 6.78. The van der Waals surface area contributed by atoms with Crippen LogP contribution in [0.3, 0.4) is 0 Å². The van der Waals surface area contributed by atoms with Crippen LogP contribution in [0, 0.1) is 0 Å². The largest absolute Gasteiger partial charge is 0.460 e. The van der Waals surface area contributed by atoms with Gasteiger partial charge in [-0.15, -0.1) is 11.3 Å². The molecule has 1 heterocycles. The van der Waals surface area contributed by atoms with Crippen molar-refractivity contribution in [3.63, 3.8) is 0 Å². The highest BCUT2D eigenvalue weighted by Gasteiger charge is 2.22. The van der Waals surface area contributed by atoms with E-state index in [4.69, 9.17) is 4.74 Å². The standard InChI is InChI=1S/C12H16N2O5S/c1-5-18-10(16)8(15)9-13-7(6-20-9)14-11(17)19-12(2,3)4/h6H,5H2,1-4H3,(H,14,17). The quantitative estimate of drug-likeness (QED) is 0.520. The van der Waals surface area contributed by atoms with Gasteiger partial charge in [0, 0.05) is 5.38 Å². The van der Waals surface area contributed by atoms with Gasteiger partial charge in [0.1, 0.15) is 11.4 Å². The van der Waals surface area contributed by atoms with Crippen molar-refractivity contribution >= 4 is 35.0 Å². The molecule has 7 nitrogen and oxygen atoms in total. The van der Waals surface area contributed by atoms with Gasteiger partial charge in [0.15, 0.2) is 5.01 Å². The molecule has 0 atom stereocenters. The predicted molar refractivity (Wildman–Crippen MR) is 72.9 cm³/mol. The number of Topliss-reactive ketones (excluding diaryl/α,β-unsaturated/α-hetero) is 1. The van der Waals surface area contributed by atoms with Crippen molar-refractivity contribution in [2.45, 2.75) is 33.3 Å². The lowest BCUT2D eigenvalue weighted by Gasteiger charge is -2.19. The number of carbonyl (C=O) groups excluding carboxylic acids is 3. The Labute approximate surface area is 120 Å². The maximum Gasteiger partial charge on any atom is 0.413 e. The number of nitrogens with one attached hydrogen (secondary N) is 1. The van der Waals surface area contributed by atoms with E-state index in [0.717, 1.165) is 11.3 Å². The summed E-state index contributed by atoms with van der Waals surface area (Å²) in [6, 6.07) is 0. The van der Waals surface area contributed by atoms with Gasteiger partial charge in [-0.25, -0.2) is 14.6 Å². The SMILES string of the molecule is CCOC(=O)C(=O)c1nc(NC(=O)OC(C)(C)C)cs1. The van der Waals surface area contributed by atoms with Gasteiger partial charge in [0.05, 0.1) is 6.61 Å². The van der Waals surface area contributed by atoms with Gasteiger partial charge in [-0.05, 0) is 27.7 Å². The van der Waals surface area contributed by atoms with E-state index in [1.807, 2.05) is 0 Å². The fraction of sp³-hybridized carbons (Fsp3) is 0.500. The molecule has 0 fully saturated rings. The van der Waals surface area contributed by atoms with Crippen LogP contribution in [0.4, 0.5) is 10.6 Å². The summed E-state index contributed by atoms with van der Waals surface area (Å²) in [5.41, 5.74) is -0.635. The van der Waals surface area contributed by atoms with Gasteiger partial charge in [0.25, 0.3) is 5.78 Å². The van der Waals surface area contributed by atoms with Crippen LogP contribution in [0.25, 0.3) is 0 Å². The van der Waals surface area contributed by atoms with Gasteiger partial charge in [0.2, 0.25) is 0 Å². The van der Waals surface area contributed by atoms with Crippen molar-refractivity contribution in [3.05, 3.63) is 10.4 Å². The number of ketones is 1. The lowest BCUT2D eigenvalue weighted by Crippen LogP contribution is -2.27. The van der Waals surface area contributed by atoms with Crippen LogP contribution in [0.2, 0.25) is 0 Å². The van der Waals surface area contributed by atoms with E-state index in [9.17, 15) is 14.4 Å². The Balaban J connectivity index is 2.66. The number of nitrogens with zero attached hydrogens (tertiary/aromatic N) is 1. The van der Waals surface area contributed by atoms with Gasteiger partial charge < -0.3 is 9.47 Å². The molecule has 1 aromatic rings. The minimum absolute atomic E-state index is 0.0468. The summed E-state index contributed by atoms with van der Waals surface area (Å²) < 4.78 is 9.62. The summed E-state index contributed by atoms with van der Waals surface area (Å²) in [5, 5.41) is 3.77. The topological polar surface area (TPSA) is 94.6 Å². The van der Waals surface area contributed by atoms with Crippen LogP contribution >= 0.6 is 11.3 Å². The van der Waals surface area contributed by atoms with Crippen molar-refractivity contribution in [2.24, 2.45) is 0 Å². The summed E-state index contributed by atoms with van der Waals surface area (Å²) in [4.78, 5) is 38.2. The van der Waals surface area contributed by atoms with E-state index in [1.165, 1.54) is 5.38 Å². The van der Waals surface area contributed by atoms with Crippen LogP contribution in [0.1, 0.15) is 37.5 Å². The fourth-order valence-electron chi connectivity index (χ4n) is 1.13. The molecule has 0 unspecified atom stereocenters. The van der Waals surface area contributed by atoms with Crippen molar-refractivity contribution in [2.75, 3.05) is 11.9 Å². The molecular formula is C12H16N2O5S. The second kappa shape index (κ2) is 6.47. The maximum absolute atomic E-state index is 11.6. The molecule has 20 heavy (non-hydrogen) atoms. The van der Waals surface area contributed by atoms with Crippen molar-refractivity contribution in [1.29, 1.82) is 0 Å². The molecule has 0 aliphatic carbocycles. The molecule has 0 aliphatic heterocycles. The number of esters is 1. The molecule has 0 radical (unpaired) electrons. The van der Waals surface area contributed by atoms with E-state index in [-0.39, 0.29) is 17.4 Å². The third-order valence-corrected chi connectivity index (χ3v) is 2.63. The van der Waals surface area contributed by atoms with E-state index in [0.29, 0.717) is 0 Å². The van der Waals surface area contributed by atoms with E-state index < -0.39 is 23.4 Å². The Kier molecular flexibility index (Phi) is 5.20. The number of thiazole rings is 1. The molecular weight excluding hydrogens is 284 g/mol. The lowest BCUT2D eigenvalue weighted by molar-refractivity contribution is -0.137. The summed E-state index contributed by atoms with van der Waals surface area (Å²) in [7, 11) is 0. The Hall–Kier alpha value is -1.96. The molecule has 0 spiro atoms. The second-order valence-electron chi connectivity index (χ2n) is 4.71. The van der Waals surface area contributed by atoms with E-state index >= 15 is 0 Å². The highest BCUT2D eigenvalue weighted by Crippen LogP contribution is 2.16. The van der Waals surface area contributed by atoms with Gasteiger partial charge in [-0.3, -0.25) is 10.1 Å². The second-order valence-corrected chi connectivity index (χ2v) is 5.57. The molecule has 110 valence electrons. The molecule has 1 rings (SSSR count). The van der Waals surface area contributed by atoms with Gasteiger partial charge in [-0.1, -0.05) is 0 Å². The molecule has 0 saturated heterocycles. The number of anilines is 1. The monoisotopic (exact) mass is 300 g/mol. The first kappa shape index (κ1) is 16.1. The number of rotatable bonds is 4. The van der Waals surface area contributed by atoms with Crippen LogP contribution in [-0.4, -0.2) is 35.0 Å². The normalized spacial score (nSPS) is 10.8. The third kappa shape index (κ3) is 4.96. The number of amides is 1. The smallest absolute Gasteiger partial charge is 0.413 e. The number of hydrogen-bond acceptors (Lipinski definition) is 7. The Morgan fingerprint density at radius 2 is 2.00 bits per heavy atom. The Morgan fingerprint density at radius 3 is 2.55 bits per heavy atom.